The van der Waals surface area contributed by atoms with Crippen LogP contribution in [0, 0.1) is 5.92 Å². The van der Waals surface area contributed by atoms with E-state index in [9.17, 15) is 0 Å². The summed E-state index contributed by atoms with van der Waals surface area (Å²) in [5.41, 5.74) is 0. The van der Waals surface area contributed by atoms with Crippen molar-refractivity contribution in [2.75, 3.05) is 13.2 Å². The molecular weight excluding hydrogens is 246 g/mol. The van der Waals surface area contributed by atoms with Gasteiger partial charge in [0.05, 0.1) is 0 Å². The molecule has 0 saturated heterocycles. The van der Waals surface area contributed by atoms with Gasteiger partial charge in [-0.05, 0) is 49.6 Å². The number of hydrogen-bond acceptors (Lipinski definition) is 2. The summed E-state index contributed by atoms with van der Waals surface area (Å²) in [4.78, 5) is 0. The van der Waals surface area contributed by atoms with Crippen LogP contribution in [0.2, 0.25) is 5.02 Å². The molecule has 3 heteroatoms. The maximum Gasteiger partial charge on any atom is 0.119 e. The summed E-state index contributed by atoms with van der Waals surface area (Å²) in [5.74, 6) is 1.68. The number of hydrogen-bond donors (Lipinski definition) is 1. The van der Waals surface area contributed by atoms with E-state index in [2.05, 4.69) is 12.2 Å². The third kappa shape index (κ3) is 3.89. The summed E-state index contributed by atoms with van der Waals surface area (Å²) in [6.07, 6.45) is 5.41. The molecule has 0 amide bonds. The second-order valence-electron chi connectivity index (χ2n) is 4.97. The summed E-state index contributed by atoms with van der Waals surface area (Å²) < 4.78 is 5.87. The summed E-state index contributed by atoms with van der Waals surface area (Å²) >= 11 is 5.86. The van der Waals surface area contributed by atoms with Crippen LogP contribution in [0.15, 0.2) is 24.3 Å². The Bertz CT molecular complexity index is 346. The van der Waals surface area contributed by atoms with E-state index >= 15 is 0 Å². The van der Waals surface area contributed by atoms with E-state index in [1.54, 1.807) is 0 Å². The van der Waals surface area contributed by atoms with Crippen molar-refractivity contribution in [1.82, 2.24) is 5.32 Å². The van der Waals surface area contributed by atoms with Crippen LogP contribution in [-0.2, 0) is 0 Å². The van der Waals surface area contributed by atoms with Crippen molar-refractivity contribution < 1.29 is 4.74 Å². The number of ether oxygens (including phenoxy) is 1. The van der Waals surface area contributed by atoms with E-state index in [-0.39, 0.29) is 0 Å². The van der Waals surface area contributed by atoms with E-state index in [1.807, 2.05) is 24.3 Å². The van der Waals surface area contributed by atoms with Crippen molar-refractivity contribution in [3.05, 3.63) is 29.3 Å². The fourth-order valence-corrected chi connectivity index (χ4v) is 2.83. The first-order valence-electron chi connectivity index (χ1n) is 6.91. The smallest absolute Gasteiger partial charge is 0.119 e. The fourth-order valence-electron chi connectivity index (χ4n) is 2.70. The van der Waals surface area contributed by atoms with Crippen LogP contribution in [0.25, 0.3) is 0 Å². The third-order valence-electron chi connectivity index (χ3n) is 3.68. The summed E-state index contributed by atoms with van der Waals surface area (Å²) in [5, 5.41) is 4.31. The van der Waals surface area contributed by atoms with Crippen LogP contribution >= 0.6 is 11.6 Å². The Morgan fingerprint density at radius 2 is 1.94 bits per heavy atom. The van der Waals surface area contributed by atoms with Gasteiger partial charge in [-0.2, -0.15) is 0 Å². The lowest BCUT2D eigenvalue weighted by Crippen LogP contribution is -2.40. The molecule has 0 aliphatic heterocycles. The molecule has 1 aliphatic carbocycles. The predicted molar refractivity (Wildman–Crippen MR) is 76.4 cm³/mol. The Hall–Kier alpha value is -0.730. The van der Waals surface area contributed by atoms with E-state index in [4.69, 9.17) is 16.3 Å². The van der Waals surface area contributed by atoms with Crippen LogP contribution in [0.1, 0.15) is 32.6 Å². The molecule has 0 spiro atoms. The molecule has 1 aromatic rings. The van der Waals surface area contributed by atoms with Gasteiger partial charge in [-0.1, -0.05) is 31.4 Å². The Morgan fingerprint density at radius 3 is 2.56 bits per heavy atom. The van der Waals surface area contributed by atoms with Gasteiger partial charge in [0.2, 0.25) is 0 Å². The standard InChI is InChI=1S/C15H22ClNO/c1-2-17-15(12-5-3-4-6-12)11-18-14-9-7-13(16)8-10-14/h7-10,12,15,17H,2-6,11H2,1H3. The minimum Gasteiger partial charge on any atom is -0.492 e. The maximum atomic E-state index is 5.87. The predicted octanol–water partition coefficient (Wildman–Crippen LogP) is 3.89. The molecule has 0 radical (unpaired) electrons. The van der Waals surface area contributed by atoms with Crippen LogP contribution in [0.4, 0.5) is 0 Å². The number of likely N-dealkylation sites (N-methyl/N-ethyl adjacent to an activating group) is 1. The fraction of sp³-hybridized carbons (Fsp3) is 0.600. The van der Waals surface area contributed by atoms with Crippen LogP contribution in [0.5, 0.6) is 5.75 Å². The Kier molecular flexibility index (Phi) is 5.33. The van der Waals surface area contributed by atoms with E-state index in [0.717, 1.165) is 29.8 Å². The first-order valence-corrected chi connectivity index (χ1v) is 7.29. The van der Waals surface area contributed by atoms with Crippen molar-refractivity contribution in [1.29, 1.82) is 0 Å². The molecule has 1 N–H and O–H groups in total. The van der Waals surface area contributed by atoms with Gasteiger partial charge in [-0.25, -0.2) is 0 Å². The molecule has 0 heterocycles. The molecule has 1 aromatic carbocycles. The van der Waals surface area contributed by atoms with Crippen LogP contribution in [0.3, 0.4) is 0 Å². The molecule has 2 nitrogen and oxygen atoms in total. The summed E-state index contributed by atoms with van der Waals surface area (Å²) in [7, 11) is 0. The monoisotopic (exact) mass is 267 g/mol. The van der Waals surface area contributed by atoms with E-state index < -0.39 is 0 Å². The molecule has 1 fully saturated rings. The number of benzene rings is 1. The van der Waals surface area contributed by atoms with Gasteiger partial charge in [-0.15, -0.1) is 0 Å². The lowest BCUT2D eigenvalue weighted by molar-refractivity contribution is 0.219. The van der Waals surface area contributed by atoms with Gasteiger partial charge < -0.3 is 10.1 Å². The first kappa shape index (κ1) is 13.7. The van der Waals surface area contributed by atoms with Gasteiger partial charge in [0.25, 0.3) is 0 Å². The first-order chi connectivity index (χ1) is 8.79. The van der Waals surface area contributed by atoms with Crippen molar-refractivity contribution in [2.24, 2.45) is 5.92 Å². The second kappa shape index (κ2) is 7.01. The zero-order chi connectivity index (χ0) is 12.8. The number of nitrogens with one attached hydrogen (secondary N) is 1. The zero-order valence-electron chi connectivity index (χ0n) is 11.0. The Labute approximate surface area is 115 Å². The van der Waals surface area contributed by atoms with Crippen molar-refractivity contribution in [2.45, 2.75) is 38.6 Å². The van der Waals surface area contributed by atoms with Crippen molar-refractivity contribution >= 4 is 11.6 Å². The van der Waals surface area contributed by atoms with Crippen LogP contribution in [-0.4, -0.2) is 19.2 Å². The molecule has 0 aromatic heterocycles. The highest BCUT2D eigenvalue weighted by Crippen LogP contribution is 2.28. The third-order valence-corrected chi connectivity index (χ3v) is 3.93. The highest BCUT2D eigenvalue weighted by molar-refractivity contribution is 6.30. The molecule has 18 heavy (non-hydrogen) atoms. The lowest BCUT2D eigenvalue weighted by Gasteiger charge is -2.24. The molecule has 100 valence electrons. The largest absolute Gasteiger partial charge is 0.492 e. The van der Waals surface area contributed by atoms with Crippen molar-refractivity contribution in [3.63, 3.8) is 0 Å². The molecule has 2 rings (SSSR count). The van der Waals surface area contributed by atoms with Gasteiger partial charge in [-0.3, -0.25) is 0 Å². The SMILES string of the molecule is CCNC(COc1ccc(Cl)cc1)C1CCCC1. The van der Waals surface area contributed by atoms with Crippen LogP contribution < -0.4 is 10.1 Å². The minimum atomic E-state index is 0.480. The summed E-state index contributed by atoms with van der Waals surface area (Å²) in [6.45, 7) is 3.91. The molecule has 0 bridgehead atoms. The Balaban J connectivity index is 1.86. The highest BCUT2D eigenvalue weighted by Gasteiger charge is 2.24. The van der Waals surface area contributed by atoms with Gasteiger partial charge in [0.1, 0.15) is 12.4 Å². The molecule has 1 unspecified atom stereocenters. The Morgan fingerprint density at radius 1 is 1.28 bits per heavy atom. The molecule has 1 aliphatic rings. The minimum absolute atomic E-state index is 0.480. The zero-order valence-corrected chi connectivity index (χ0v) is 11.7. The topological polar surface area (TPSA) is 21.3 Å². The quantitative estimate of drug-likeness (QED) is 0.844. The van der Waals surface area contributed by atoms with E-state index in [1.165, 1.54) is 25.7 Å². The lowest BCUT2D eigenvalue weighted by atomic mass is 9.99. The van der Waals surface area contributed by atoms with Gasteiger partial charge >= 0.3 is 0 Å². The maximum absolute atomic E-state index is 5.87. The van der Waals surface area contributed by atoms with E-state index in [0.29, 0.717) is 6.04 Å². The average Bonchev–Trinajstić information content (AvgIpc) is 2.90. The molecule has 1 saturated carbocycles. The van der Waals surface area contributed by atoms with Crippen molar-refractivity contribution in [3.8, 4) is 5.75 Å². The average molecular weight is 268 g/mol. The summed E-state index contributed by atoms with van der Waals surface area (Å²) in [6, 6.07) is 8.08. The normalized spacial score (nSPS) is 17.9. The van der Waals surface area contributed by atoms with Gasteiger partial charge in [0, 0.05) is 11.1 Å². The number of rotatable bonds is 6. The second-order valence-corrected chi connectivity index (χ2v) is 5.41. The highest BCUT2D eigenvalue weighted by atomic mass is 35.5. The number of halogens is 1. The molecular formula is C15H22ClNO. The molecule has 1 atom stereocenters. The van der Waals surface area contributed by atoms with Gasteiger partial charge in [0.15, 0.2) is 0 Å².